The van der Waals surface area contributed by atoms with E-state index in [2.05, 4.69) is 42.3 Å². The molecule has 0 unspecified atom stereocenters. The van der Waals surface area contributed by atoms with Crippen LogP contribution in [0.1, 0.15) is 6.92 Å². The van der Waals surface area contributed by atoms with Gasteiger partial charge in [-0.1, -0.05) is 36.0 Å². The van der Waals surface area contributed by atoms with Gasteiger partial charge in [-0.05, 0) is 6.92 Å². The second-order valence-electron chi connectivity index (χ2n) is 3.34. The summed E-state index contributed by atoms with van der Waals surface area (Å²) >= 11 is 0. The van der Waals surface area contributed by atoms with Crippen LogP contribution in [0.3, 0.4) is 0 Å². The highest BCUT2D eigenvalue weighted by Crippen LogP contribution is 2.20. The Hall–Kier alpha value is -1.31. The van der Waals surface area contributed by atoms with Crippen LogP contribution in [-0.2, 0) is 4.74 Å². The fraction of sp³-hybridized carbons (Fsp3) is 0.364. The van der Waals surface area contributed by atoms with Crippen LogP contribution < -0.4 is 0 Å². The largest absolute Gasteiger partial charge is 0.484 e. The van der Waals surface area contributed by atoms with Crippen LogP contribution in [0, 0.1) is 5.92 Å². The van der Waals surface area contributed by atoms with Gasteiger partial charge in [0.15, 0.2) is 5.90 Å². The van der Waals surface area contributed by atoms with Crippen molar-refractivity contribution in [1.29, 1.82) is 0 Å². The third kappa shape index (κ3) is 1.57. The van der Waals surface area contributed by atoms with Crippen LogP contribution in [-0.4, -0.2) is 19.0 Å². The summed E-state index contributed by atoms with van der Waals surface area (Å²) in [6.45, 7) is 2.10. The first kappa shape index (κ1) is 8.30. The first-order valence-electron chi connectivity index (χ1n) is 4.46. The van der Waals surface area contributed by atoms with Crippen molar-refractivity contribution in [3.05, 3.63) is 36.0 Å². The highest BCUT2D eigenvalue weighted by Gasteiger charge is 2.18. The van der Waals surface area contributed by atoms with Gasteiger partial charge in [-0.15, -0.1) is 0 Å². The molecular weight excluding hydrogens is 162 g/mol. The summed E-state index contributed by atoms with van der Waals surface area (Å²) in [6, 6.07) is 0.162. The molecule has 0 aromatic rings. The third-order valence-corrected chi connectivity index (χ3v) is 2.28. The molecule has 0 fully saturated rings. The van der Waals surface area contributed by atoms with Crippen LogP contribution in [0.25, 0.3) is 0 Å². The monoisotopic (exact) mass is 175 g/mol. The van der Waals surface area contributed by atoms with Crippen LogP contribution >= 0.6 is 0 Å². The highest BCUT2D eigenvalue weighted by atomic mass is 16.5. The van der Waals surface area contributed by atoms with Gasteiger partial charge in [0.05, 0.1) is 19.1 Å². The van der Waals surface area contributed by atoms with E-state index in [1.54, 1.807) is 7.11 Å². The maximum absolute atomic E-state index is 5.23. The van der Waals surface area contributed by atoms with E-state index in [9.17, 15) is 0 Å². The zero-order valence-corrected chi connectivity index (χ0v) is 7.90. The summed E-state index contributed by atoms with van der Waals surface area (Å²) in [6.07, 6.45) is 10.6. The number of hydrogen-bond acceptors (Lipinski definition) is 2. The zero-order chi connectivity index (χ0) is 9.26. The number of allylic oxidation sites excluding steroid dienone is 2. The normalized spacial score (nSPS) is 30.6. The minimum atomic E-state index is 0.162. The maximum Gasteiger partial charge on any atom is 0.194 e. The van der Waals surface area contributed by atoms with E-state index in [-0.39, 0.29) is 12.0 Å². The molecule has 0 amide bonds. The number of fused-ring (bicyclic) bond motifs is 1. The molecule has 0 spiro atoms. The number of aliphatic imine (C=N–C) groups is 1. The van der Waals surface area contributed by atoms with Crippen molar-refractivity contribution >= 4 is 5.90 Å². The Bertz CT molecular complexity index is 323. The second-order valence-corrected chi connectivity index (χ2v) is 3.34. The van der Waals surface area contributed by atoms with E-state index in [1.165, 1.54) is 5.57 Å². The third-order valence-electron chi connectivity index (χ3n) is 2.28. The first-order chi connectivity index (χ1) is 6.29. The summed E-state index contributed by atoms with van der Waals surface area (Å²) in [5.41, 5.74) is 1.27. The van der Waals surface area contributed by atoms with Crippen LogP contribution in [0.4, 0.5) is 0 Å². The standard InChI is InChI=1S/C11H13NO/c1-8-3-5-10-6-4-9(7-8)11(12-10)13-2/h3-7,9-10H,1-2H3/t9-,10+/m1/s1. The van der Waals surface area contributed by atoms with Crippen LogP contribution in [0.5, 0.6) is 0 Å². The van der Waals surface area contributed by atoms with Gasteiger partial charge in [0.1, 0.15) is 0 Å². The molecule has 0 saturated heterocycles. The fourth-order valence-electron chi connectivity index (χ4n) is 1.60. The molecule has 2 heteroatoms. The van der Waals surface area contributed by atoms with Crippen molar-refractivity contribution in [1.82, 2.24) is 0 Å². The molecule has 3 aliphatic rings. The molecule has 0 radical (unpaired) electrons. The first-order valence-corrected chi connectivity index (χ1v) is 4.46. The van der Waals surface area contributed by atoms with E-state index >= 15 is 0 Å². The number of nitrogens with zero attached hydrogens (tertiary/aromatic N) is 1. The Morgan fingerprint density at radius 1 is 1.31 bits per heavy atom. The molecule has 2 nitrogen and oxygen atoms in total. The molecule has 68 valence electrons. The maximum atomic E-state index is 5.23. The average Bonchev–Trinajstić information content (AvgIpc) is 2.12. The Labute approximate surface area is 78.3 Å². The minimum absolute atomic E-state index is 0.162. The number of hydrogen-bond donors (Lipinski definition) is 0. The fourth-order valence-corrected chi connectivity index (χ4v) is 1.60. The lowest BCUT2D eigenvalue weighted by Crippen LogP contribution is -2.21. The van der Waals surface area contributed by atoms with Crippen molar-refractivity contribution in [3.63, 3.8) is 0 Å². The summed E-state index contributed by atoms with van der Waals surface area (Å²) in [7, 11) is 1.68. The highest BCUT2D eigenvalue weighted by molar-refractivity contribution is 5.84. The van der Waals surface area contributed by atoms with Gasteiger partial charge in [0.2, 0.25) is 0 Å². The molecule has 3 rings (SSSR count). The van der Waals surface area contributed by atoms with Crippen LogP contribution in [0.15, 0.2) is 40.9 Å². The molecule has 2 bridgehead atoms. The predicted octanol–water partition coefficient (Wildman–Crippen LogP) is 2.10. The zero-order valence-electron chi connectivity index (χ0n) is 7.90. The Morgan fingerprint density at radius 3 is 2.92 bits per heavy atom. The second kappa shape index (κ2) is 3.21. The van der Waals surface area contributed by atoms with E-state index in [0.717, 1.165) is 5.90 Å². The molecule has 2 aliphatic heterocycles. The van der Waals surface area contributed by atoms with Gasteiger partial charge in [-0.25, -0.2) is 4.99 Å². The smallest absolute Gasteiger partial charge is 0.194 e. The topological polar surface area (TPSA) is 21.6 Å². The predicted molar refractivity (Wildman–Crippen MR) is 53.8 cm³/mol. The average molecular weight is 175 g/mol. The minimum Gasteiger partial charge on any atom is -0.484 e. The van der Waals surface area contributed by atoms with E-state index in [1.807, 2.05) is 0 Å². The van der Waals surface area contributed by atoms with Crippen molar-refractivity contribution in [2.24, 2.45) is 10.9 Å². The molecule has 1 aliphatic carbocycles. The molecule has 13 heavy (non-hydrogen) atoms. The number of ether oxygens (including phenoxy) is 1. The van der Waals surface area contributed by atoms with Crippen LogP contribution in [0.2, 0.25) is 0 Å². The molecule has 2 atom stereocenters. The summed E-state index contributed by atoms with van der Waals surface area (Å²) < 4.78 is 5.23. The van der Waals surface area contributed by atoms with Gasteiger partial charge < -0.3 is 4.74 Å². The summed E-state index contributed by atoms with van der Waals surface area (Å²) in [5, 5.41) is 0. The molecule has 0 aromatic carbocycles. The van der Waals surface area contributed by atoms with Crippen molar-refractivity contribution in [2.75, 3.05) is 7.11 Å². The molecule has 0 saturated carbocycles. The lowest BCUT2D eigenvalue weighted by Gasteiger charge is -2.20. The van der Waals surface area contributed by atoms with Gasteiger partial charge in [0.25, 0.3) is 0 Å². The SMILES string of the molecule is COC1=N[C@H]2C=CC(C)=C[C@H]1C=C2. The van der Waals surface area contributed by atoms with Crippen molar-refractivity contribution in [3.8, 4) is 0 Å². The van der Waals surface area contributed by atoms with E-state index in [0.29, 0.717) is 0 Å². The Morgan fingerprint density at radius 2 is 2.15 bits per heavy atom. The lowest BCUT2D eigenvalue weighted by molar-refractivity contribution is 0.380. The Balaban J connectivity index is 2.40. The van der Waals surface area contributed by atoms with Gasteiger partial charge in [-0.3, -0.25) is 0 Å². The van der Waals surface area contributed by atoms with Crippen molar-refractivity contribution in [2.45, 2.75) is 13.0 Å². The van der Waals surface area contributed by atoms with Gasteiger partial charge in [-0.2, -0.15) is 0 Å². The molecule has 0 N–H and O–H groups in total. The quantitative estimate of drug-likeness (QED) is 0.517. The number of dihydropyridines is 1. The van der Waals surface area contributed by atoms with E-state index in [4.69, 9.17) is 4.74 Å². The Kier molecular flexibility index (Phi) is 2.05. The molecule has 0 aromatic heterocycles. The number of rotatable bonds is 0. The molecular formula is C11H13NO. The van der Waals surface area contributed by atoms with Gasteiger partial charge in [0, 0.05) is 0 Å². The summed E-state index contributed by atoms with van der Waals surface area (Å²) in [5.74, 6) is 1.04. The summed E-state index contributed by atoms with van der Waals surface area (Å²) in [4.78, 5) is 4.43. The van der Waals surface area contributed by atoms with Gasteiger partial charge >= 0.3 is 0 Å². The van der Waals surface area contributed by atoms with Crippen molar-refractivity contribution < 1.29 is 4.74 Å². The lowest BCUT2D eigenvalue weighted by atomic mass is 9.98. The van der Waals surface area contributed by atoms with E-state index < -0.39 is 0 Å². The number of methoxy groups -OCH3 is 1. The molecule has 2 heterocycles.